The zero-order chi connectivity index (χ0) is 21.0. The van der Waals surface area contributed by atoms with Crippen LogP contribution < -0.4 is 15.8 Å². The normalized spacial score (nSPS) is 18.0. The predicted molar refractivity (Wildman–Crippen MR) is 112 cm³/mol. The zero-order valence-corrected chi connectivity index (χ0v) is 17.2. The number of anilines is 2. The van der Waals surface area contributed by atoms with Crippen molar-refractivity contribution in [1.29, 1.82) is 0 Å². The van der Waals surface area contributed by atoms with Gasteiger partial charge in [0, 0.05) is 21.5 Å². The third-order valence-corrected chi connectivity index (χ3v) is 5.77. The fraction of sp³-hybridized carbons (Fsp3) is 0.350. The zero-order valence-electron chi connectivity index (χ0n) is 16.4. The summed E-state index contributed by atoms with van der Waals surface area (Å²) in [6.45, 7) is 3.92. The molecule has 0 unspecified atom stereocenters. The molecule has 0 radical (unpaired) electrons. The molecule has 30 heavy (non-hydrogen) atoms. The number of H-pyrrole nitrogens is 1. The molecule has 1 saturated heterocycles. The van der Waals surface area contributed by atoms with Gasteiger partial charge in [0.15, 0.2) is 0 Å². The highest BCUT2D eigenvalue weighted by molar-refractivity contribution is 6.31. The van der Waals surface area contributed by atoms with Crippen LogP contribution in [0.25, 0.3) is 10.9 Å². The van der Waals surface area contributed by atoms with E-state index in [-0.39, 0.29) is 23.0 Å². The molecule has 1 aromatic carbocycles. The number of ether oxygens (including phenoxy) is 1. The minimum atomic E-state index is -0.444. The van der Waals surface area contributed by atoms with Gasteiger partial charge in [-0.1, -0.05) is 11.6 Å². The Kier molecular flexibility index (Phi) is 4.18. The fourth-order valence-corrected chi connectivity index (χ4v) is 3.93. The van der Waals surface area contributed by atoms with Crippen LogP contribution in [0.4, 0.5) is 16.7 Å². The Balaban J connectivity index is 1.47. The van der Waals surface area contributed by atoms with E-state index in [1.54, 1.807) is 31.2 Å². The van der Waals surface area contributed by atoms with Gasteiger partial charge in [-0.05, 0) is 51.0 Å². The van der Waals surface area contributed by atoms with Gasteiger partial charge >= 0.3 is 6.09 Å². The SMILES string of the molecule is Cc1nc(N[C@@H](C)c2cc3cc(Cl)ccc3[nH]c2=O)nc(N2C(=O)OCC23CC3)n1. The topological polar surface area (TPSA) is 113 Å². The third kappa shape index (κ3) is 3.15. The van der Waals surface area contributed by atoms with Crippen LogP contribution in [-0.2, 0) is 4.74 Å². The summed E-state index contributed by atoms with van der Waals surface area (Å²) in [6, 6.07) is 6.69. The number of cyclic esters (lactones) is 1. The van der Waals surface area contributed by atoms with Crippen LogP contribution in [0.1, 0.15) is 37.2 Å². The molecule has 1 amide bonds. The van der Waals surface area contributed by atoms with Crippen molar-refractivity contribution < 1.29 is 9.53 Å². The molecule has 10 heteroatoms. The number of pyridine rings is 1. The summed E-state index contributed by atoms with van der Waals surface area (Å²) in [5, 5.41) is 4.57. The lowest BCUT2D eigenvalue weighted by Crippen LogP contribution is -2.37. The molecule has 5 rings (SSSR count). The predicted octanol–water partition coefficient (Wildman–Crippen LogP) is 3.34. The van der Waals surface area contributed by atoms with Crippen molar-refractivity contribution in [3.05, 3.63) is 51.0 Å². The molecule has 1 atom stereocenters. The lowest BCUT2D eigenvalue weighted by atomic mass is 10.1. The van der Waals surface area contributed by atoms with Crippen LogP contribution in [0, 0.1) is 6.92 Å². The van der Waals surface area contributed by atoms with Gasteiger partial charge in [0.1, 0.15) is 12.4 Å². The largest absolute Gasteiger partial charge is 0.447 e. The van der Waals surface area contributed by atoms with E-state index in [9.17, 15) is 9.59 Å². The first-order chi connectivity index (χ1) is 14.3. The van der Waals surface area contributed by atoms with Crippen molar-refractivity contribution in [2.24, 2.45) is 0 Å². The lowest BCUT2D eigenvalue weighted by Gasteiger charge is -2.20. The molecule has 154 valence electrons. The minimum Gasteiger partial charge on any atom is -0.447 e. The van der Waals surface area contributed by atoms with Crippen LogP contribution in [-0.4, -0.2) is 38.2 Å². The molecule has 1 aliphatic heterocycles. The lowest BCUT2D eigenvalue weighted by molar-refractivity contribution is 0.178. The maximum absolute atomic E-state index is 12.6. The molecule has 1 spiro atoms. The Morgan fingerprint density at radius 1 is 1.23 bits per heavy atom. The molecule has 2 fully saturated rings. The van der Waals surface area contributed by atoms with E-state index in [2.05, 4.69) is 25.3 Å². The van der Waals surface area contributed by atoms with Crippen molar-refractivity contribution >= 4 is 40.5 Å². The third-order valence-electron chi connectivity index (χ3n) is 5.53. The summed E-state index contributed by atoms with van der Waals surface area (Å²) < 4.78 is 5.20. The van der Waals surface area contributed by atoms with Crippen LogP contribution in [0.3, 0.4) is 0 Å². The van der Waals surface area contributed by atoms with E-state index in [0.29, 0.717) is 28.5 Å². The van der Waals surface area contributed by atoms with Gasteiger partial charge in [0.25, 0.3) is 5.56 Å². The van der Waals surface area contributed by atoms with Crippen molar-refractivity contribution in [1.82, 2.24) is 19.9 Å². The second-order valence-electron chi connectivity index (χ2n) is 7.77. The maximum Gasteiger partial charge on any atom is 0.417 e. The number of aryl methyl sites for hydroxylation is 1. The molecule has 0 bridgehead atoms. The number of carbonyl (C=O) groups excluding carboxylic acids is 1. The van der Waals surface area contributed by atoms with E-state index in [1.165, 1.54) is 4.90 Å². The van der Waals surface area contributed by atoms with E-state index in [1.807, 2.05) is 6.92 Å². The van der Waals surface area contributed by atoms with Crippen LogP contribution >= 0.6 is 11.6 Å². The maximum atomic E-state index is 12.6. The number of carbonyl (C=O) groups is 1. The van der Waals surface area contributed by atoms with Gasteiger partial charge in [-0.15, -0.1) is 0 Å². The molecule has 2 aromatic heterocycles. The number of nitrogens with one attached hydrogen (secondary N) is 2. The number of rotatable bonds is 4. The minimum absolute atomic E-state index is 0.212. The summed E-state index contributed by atoms with van der Waals surface area (Å²) in [6.07, 6.45) is 1.27. The molecule has 3 aromatic rings. The number of halogens is 1. The first kappa shape index (κ1) is 18.8. The number of fused-ring (bicyclic) bond motifs is 1. The van der Waals surface area contributed by atoms with E-state index in [4.69, 9.17) is 16.3 Å². The van der Waals surface area contributed by atoms with Gasteiger partial charge in [0.2, 0.25) is 11.9 Å². The number of aromatic nitrogens is 4. The Labute approximate surface area is 176 Å². The highest BCUT2D eigenvalue weighted by Crippen LogP contribution is 2.47. The van der Waals surface area contributed by atoms with Crippen LogP contribution in [0.2, 0.25) is 5.02 Å². The van der Waals surface area contributed by atoms with E-state index >= 15 is 0 Å². The first-order valence-electron chi connectivity index (χ1n) is 9.63. The number of benzene rings is 1. The Morgan fingerprint density at radius 2 is 2.03 bits per heavy atom. The summed E-state index contributed by atoms with van der Waals surface area (Å²) >= 11 is 6.08. The molecule has 9 nitrogen and oxygen atoms in total. The fourth-order valence-electron chi connectivity index (χ4n) is 3.74. The average Bonchev–Trinajstić information content (AvgIpc) is 3.38. The first-order valence-corrected chi connectivity index (χ1v) is 10.0. The molecule has 3 heterocycles. The number of amides is 1. The van der Waals surface area contributed by atoms with Crippen molar-refractivity contribution in [2.75, 3.05) is 16.8 Å². The average molecular weight is 427 g/mol. The highest BCUT2D eigenvalue weighted by atomic mass is 35.5. The van der Waals surface area contributed by atoms with Crippen LogP contribution in [0.15, 0.2) is 29.1 Å². The van der Waals surface area contributed by atoms with Crippen molar-refractivity contribution in [3.63, 3.8) is 0 Å². The second kappa shape index (κ2) is 6.66. The number of hydrogen-bond acceptors (Lipinski definition) is 7. The second-order valence-corrected chi connectivity index (χ2v) is 8.21. The molecular formula is C20H19ClN6O3. The van der Waals surface area contributed by atoms with Gasteiger partial charge in [-0.3, -0.25) is 4.79 Å². The van der Waals surface area contributed by atoms with E-state index < -0.39 is 12.1 Å². The Hall–Kier alpha value is -3.20. The van der Waals surface area contributed by atoms with Gasteiger partial charge in [-0.2, -0.15) is 15.0 Å². The molecule has 1 aliphatic carbocycles. The number of aromatic amines is 1. The summed E-state index contributed by atoms with van der Waals surface area (Å²) in [7, 11) is 0. The molecule has 2 aliphatic rings. The Morgan fingerprint density at radius 3 is 2.80 bits per heavy atom. The van der Waals surface area contributed by atoms with Crippen molar-refractivity contribution in [3.8, 4) is 0 Å². The van der Waals surface area contributed by atoms with Crippen LogP contribution in [0.5, 0.6) is 0 Å². The van der Waals surface area contributed by atoms with Crippen molar-refractivity contribution in [2.45, 2.75) is 38.3 Å². The standard InChI is InChI=1S/C20H19ClN6O3/c1-10(14-8-12-7-13(21)3-4-15(12)25-16(14)28)22-17-23-11(2)24-18(26-17)27-19(29)30-9-20(27)5-6-20/h3-4,7-8,10H,5-6,9H2,1-2H3,(H,25,28)(H,22,23,24,26)/t10-/m0/s1. The molecule has 2 N–H and O–H groups in total. The number of hydrogen-bond donors (Lipinski definition) is 2. The van der Waals surface area contributed by atoms with Gasteiger partial charge < -0.3 is 15.0 Å². The summed E-state index contributed by atoms with van der Waals surface area (Å²) in [4.78, 5) is 42.3. The molecular weight excluding hydrogens is 408 g/mol. The monoisotopic (exact) mass is 426 g/mol. The summed E-state index contributed by atoms with van der Waals surface area (Å²) in [5.41, 5.74) is 0.683. The van der Waals surface area contributed by atoms with E-state index in [0.717, 1.165) is 18.2 Å². The molecule has 1 saturated carbocycles. The summed E-state index contributed by atoms with van der Waals surface area (Å²) in [5.74, 6) is 1.01. The highest BCUT2D eigenvalue weighted by Gasteiger charge is 2.58. The number of nitrogens with zero attached hydrogens (tertiary/aromatic N) is 4. The van der Waals surface area contributed by atoms with Gasteiger partial charge in [0.05, 0.1) is 11.6 Å². The quantitative estimate of drug-likeness (QED) is 0.657. The Bertz CT molecular complexity index is 1240. The smallest absolute Gasteiger partial charge is 0.417 e. The van der Waals surface area contributed by atoms with Gasteiger partial charge in [-0.25, -0.2) is 9.69 Å².